The molecule has 0 saturated carbocycles. The Labute approximate surface area is 197 Å². The number of nitro groups is 4. The standard InChI is InChI=1S/C14H8Cl4N6O8/c15-7-3-9(17)13(11(5-7)21(25)26)19(23(29)30)1-2-20(24(31)32)14-10(18)4-8(16)6-12(14)22(27)28/h3-6H,1-2H2. The van der Waals surface area contributed by atoms with Gasteiger partial charge in [-0.1, -0.05) is 56.4 Å². The Balaban J connectivity index is 2.54. The van der Waals surface area contributed by atoms with Crippen molar-refractivity contribution in [2.75, 3.05) is 23.1 Å². The van der Waals surface area contributed by atoms with Gasteiger partial charge < -0.3 is 0 Å². The molecular weight excluding hydrogens is 522 g/mol. The lowest BCUT2D eigenvalue weighted by Gasteiger charge is -2.19. The minimum Gasteiger partial charge on any atom is -0.258 e. The van der Waals surface area contributed by atoms with E-state index in [1.165, 1.54) is 0 Å². The van der Waals surface area contributed by atoms with Crippen LogP contribution in [0.4, 0.5) is 22.7 Å². The number of nitro benzene ring substituents is 2. The third-order valence-corrected chi connectivity index (χ3v) is 4.86. The molecule has 0 N–H and O–H groups in total. The average molecular weight is 530 g/mol. The minimum atomic E-state index is -1.09. The van der Waals surface area contributed by atoms with Crippen LogP contribution in [0.15, 0.2) is 24.3 Å². The number of halogens is 4. The maximum absolute atomic E-state index is 11.6. The molecule has 0 spiro atoms. The average Bonchev–Trinajstić information content (AvgIpc) is 2.65. The van der Waals surface area contributed by atoms with Crippen LogP contribution in [0.25, 0.3) is 0 Å². The highest BCUT2D eigenvalue weighted by Gasteiger charge is 2.36. The van der Waals surface area contributed by atoms with E-state index >= 15 is 0 Å². The third kappa shape index (κ3) is 5.34. The summed E-state index contributed by atoms with van der Waals surface area (Å²) in [6.07, 6.45) is 0. The zero-order valence-corrected chi connectivity index (χ0v) is 18.2. The Morgan fingerprint density at radius 3 is 1.19 bits per heavy atom. The number of hydrogen-bond donors (Lipinski definition) is 0. The molecule has 0 bridgehead atoms. The lowest BCUT2D eigenvalue weighted by Crippen LogP contribution is -2.41. The van der Waals surface area contributed by atoms with Crippen molar-refractivity contribution in [2.45, 2.75) is 0 Å². The first-order chi connectivity index (χ1) is 14.8. The monoisotopic (exact) mass is 528 g/mol. The second kappa shape index (κ2) is 9.95. The predicted molar refractivity (Wildman–Crippen MR) is 115 cm³/mol. The molecule has 0 aromatic heterocycles. The van der Waals surface area contributed by atoms with Crippen LogP contribution in [-0.2, 0) is 0 Å². The maximum Gasteiger partial charge on any atom is 0.301 e. The van der Waals surface area contributed by atoms with Crippen molar-refractivity contribution in [1.29, 1.82) is 0 Å². The summed E-state index contributed by atoms with van der Waals surface area (Å²) >= 11 is 23.3. The first-order valence-electron chi connectivity index (χ1n) is 7.95. The number of benzene rings is 2. The predicted octanol–water partition coefficient (Wildman–Crippen LogP) is 4.81. The largest absolute Gasteiger partial charge is 0.301 e. The van der Waals surface area contributed by atoms with Crippen molar-refractivity contribution in [2.24, 2.45) is 0 Å². The molecule has 0 radical (unpaired) electrons. The molecule has 0 fully saturated rings. The van der Waals surface area contributed by atoms with Crippen LogP contribution in [0.2, 0.25) is 20.1 Å². The van der Waals surface area contributed by atoms with Crippen molar-refractivity contribution in [1.82, 2.24) is 0 Å². The normalized spacial score (nSPS) is 10.5. The van der Waals surface area contributed by atoms with Gasteiger partial charge in [-0.3, -0.25) is 20.2 Å². The number of hydrazine groups is 2. The highest BCUT2D eigenvalue weighted by molar-refractivity contribution is 6.37. The topological polar surface area (TPSA) is 179 Å². The van der Waals surface area contributed by atoms with Gasteiger partial charge >= 0.3 is 11.4 Å². The molecule has 2 rings (SSSR count). The van der Waals surface area contributed by atoms with Gasteiger partial charge in [-0.2, -0.15) is 0 Å². The SMILES string of the molecule is O=[N+]([O-])c1cc(Cl)cc(Cl)c1N(CCN(c1c(Cl)cc(Cl)cc1[N+](=O)[O-])[N+](=O)[O-])[N+](=O)[O-]. The van der Waals surface area contributed by atoms with Gasteiger partial charge in [0, 0.05) is 22.2 Å². The fourth-order valence-corrected chi connectivity index (χ4v) is 3.79. The highest BCUT2D eigenvalue weighted by Crippen LogP contribution is 2.40. The van der Waals surface area contributed by atoms with Gasteiger partial charge in [-0.15, -0.1) is 0 Å². The van der Waals surface area contributed by atoms with E-state index in [0.717, 1.165) is 24.3 Å². The van der Waals surface area contributed by atoms with E-state index < -0.39 is 65.8 Å². The molecule has 0 aliphatic heterocycles. The summed E-state index contributed by atoms with van der Waals surface area (Å²) in [6, 6.07) is 3.64. The van der Waals surface area contributed by atoms with Crippen LogP contribution in [0.1, 0.15) is 0 Å². The summed E-state index contributed by atoms with van der Waals surface area (Å²) in [5, 5.41) is 42.8. The lowest BCUT2D eigenvalue weighted by molar-refractivity contribution is -0.506. The Morgan fingerprint density at radius 1 is 0.625 bits per heavy atom. The zero-order chi connectivity index (χ0) is 24.3. The van der Waals surface area contributed by atoms with Gasteiger partial charge in [-0.25, -0.2) is 20.2 Å². The van der Waals surface area contributed by atoms with E-state index in [1.807, 2.05) is 0 Å². The smallest absolute Gasteiger partial charge is 0.258 e. The molecule has 0 amide bonds. The van der Waals surface area contributed by atoms with Gasteiger partial charge in [0.1, 0.15) is 13.1 Å². The van der Waals surface area contributed by atoms with Gasteiger partial charge in [0.05, 0.1) is 19.9 Å². The number of rotatable bonds is 9. The van der Waals surface area contributed by atoms with E-state index in [4.69, 9.17) is 46.4 Å². The van der Waals surface area contributed by atoms with Crippen LogP contribution in [0, 0.1) is 40.5 Å². The van der Waals surface area contributed by atoms with Crippen molar-refractivity contribution >= 4 is 69.2 Å². The maximum atomic E-state index is 11.6. The molecule has 32 heavy (non-hydrogen) atoms. The second-order valence-corrected chi connectivity index (χ2v) is 7.43. The molecule has 0 aliphatic rings. The summed E-state index contributed by atoms with van der Waals surface area (Å²) in [7, 11) is 0. The summed E-state index contributed by atoms with van der Waals surface area (Å²) in [5.41, 5.74) is -3.04. The van der Waals surface area contributed by atoms with Crippen LogP contribution in [-0.4, -0.2) is 33.0 Å². The molecular formula is C14H8Cl4N6O8. The van der Waals surface area contributed by atoms with Crippen LogP contribution >= 0.6 is 46.4 Å². The minimum absolute atomic E-state index is 0.177. The molecule has 0 saturated heterocycles. The summed E-state index contributed by atoms with van der Waals surface area (Å²) in [5.74, 6) is 0. The first-order valence-corrected chi connectivity index (χ1v) is 9.46. The quantitative estimate of drug-likeness (QED) is 0.323. The Bertz CT molecular complexity index is 1050. The molecule has 2 aromatic carbocycles. The van der Waals surface area contributed by atoms with Gasteiger partial charge in [0.15, 0.2) is 10.1 Å². The van der Waals surface area contributed by atoms with Crippen molar-refractivity contribution in [3.8, 4) is 0 Å². The van der Waals surface area contributed by atoms with Gasteiger partial charge in [-0.05, 0) is 12.1 Å². The summed E-state index contributed by atoms with van der Waals surface area (Å²) in [6.45, 7) is -1.74. The molecule has 170 valence electrons. The highest BCUT2D eigenvalue weighted by atomic mass is 35.5. The van der Waals surface area contributed by atoms with Gasteiger partial charge in [0.2, 0.25) is 11.4 Å². The van der Waals surface area contributed by atoms with Crippen LogP contribution in [0.5, 0.6) is 0 Å². The molecule has 0 heterocycles. The fourth-order valence-electron chi connectivity index (χ4n) is 2.63. The van der Waals surface area contributed by atoms with Crippen LogP contribution in [0.3, 0.4) is 0 Å². The molecule has 14 nitrogen and oxygen atoms in total. The van der Waals surface area contributed by atoms with Gasteiger partial charge in [0.25, 0.3) is 0 Å². The van der Waals surface area contributed by atoms with Crippen molar-refractivity contribution < 1.29 is 19.9 Å². The molecule has 0 unspecified atom stereocenters. The van der Waals surface area contributed by atoms with E-state index in [1.54, 1.807) is 0 Å². The van der Waals surface area contributed by atoms with Crippen molar-refractivity contribution in [3.63, 3.8) is 0 Å². The Kier molecular flexibility index (Phi) is 7.79. The third-order valence-electron chi connectivity index (χ3n) is 3.84. The molecule has 2 aromatic rings. The molecule has 0 atom stereocenters. The zero-order valence-electron chi connectivity index (χ0n) is 15.2. The molecule has 18 heteroatoms. The summed E-state index contributed by atoms with van der Waals surface area (Å²) in [4.78, 5) is 43.9. The molecule has 0 aliphatic carbocycles. The second-order valence-electron chi connectivity index (χ2n) is 5.75. The van der Waals surface area contributed by atoms with Crippen LogP contribution < -0.4 is 10.0 Å². The number of hydrogen-bond acceptors (Lipinski definition) is 8. The van der Waals surface area contributed by atoms with E-state index in [0.29, 0.717) is 0 Å². The first kappa shape index (κ1) is 25.1. The Morgan fingerprint density at radius 2 is 0.938 bits per heavy atom. The van der Waals surface area contributed by atoms with E-state index in [2.05, 4.69) is 0 Å². The van der Waals surface area contributed by atoms with E-state index in [-0.39, 0.29) is 20.1 Å². The fraction of sp³-hybridized carbons (Fsp3) is 0.143. The number of anilines is 2. The summed E-state index contributed by atoms with van der Waals surface area (Å²) < 4.78 is 0. The number of nitrogens with zero attached hydrogens (tertiary/aromatic N) is 6. The lowest BCUT2D eigenvalue weighted by atomic mass is 10.2. The van der Waals surface area contributed by atoms with E-state index in [9.17, 15) is 40.5 Å². The Hall–Kier alpha value is -3.20. The van der Waals surface area contributed by atoms with Crippen molar-refractivity contribution in [3.05, 3.63) is 84.8 Å².